The lowest BCUT2D eigenvalue weighted by molar-refractivity contribution is -0.274. The Morgan fingerprint density at radius 2 is 1.92 bits per heavy atom. The average molecular weight is 353 g/mol. The molecule has 0 atom stereocenters. The van der Waals surface area contributed by atoms with E-state index < -0.39 is 12.3 Å². The minimum absolute atomic E-state index is 0.0654. The van der Waals surface area contributed by atoms with Crippen LogP contribution >= 0.6 is 0 Å². The maximum absolute atomic E-state index is 12.2. The topological polar surface area (TPSA) is 87.3 Å². The number of primary amides is 1. The maximum Gasteiger partial charge on any atom is 0.573 e. The van der Waals surface area contributed by atoms with Crippen LogP contribution in [0.15, 0.2) is 30.5 Å². The van der Waals surface area contributed by atoms with E-state index in [0.29, 0.717) is 18.1 Å². The number of nitrogens with two attached hydrogens (primary N) is 1. The second-order valence-electron chi connectivity index (χ2n) is 5.60. The molecule has 1 saturated carbocycles. The lowest BCUT2D eigenvalue weighted by atomic mass is 10.1. The molecule has 1 amide bonds. The van der Waals surface area contributed by atoms with E-state index in [0.717, 1.165) is 25.0 Å². The highest BCUT2D eigenvalue weighted by molar-refractivity contribution is 5.91. The van der Waals surface area contributed by atoms with E-state index in [-0.39, 0.29) is 23.0 Å². The molecule has 1 aliphatic rings. The standard InChI is InChI=1S/C16H14F3N3O3/c17-16(18,19)25-11-5-3-10(4-6-11)13-15(24-8-9-1-2-9)21-7-12(22-13)14(20)23/h3-7,9H,1-2,8H2,(H2,20,23). The zero-order valence-corrected chi connectivity index (χ0v) is 12.9. The highest BCUT2D eigenvalue weighted by Gasteiger charge is 2.31. The van der Waals surface area contributed by atoms with Crippen molar-refractivity contribution in [3.63, 3.8) is 0 Å². The number of aromatic nitrogens is 2. The Labute approximate surface area is 140 Å². The van der Waals surface area contributed by atoms with Gasteiger partial charge >= 0.3 is 6.36 Å². The van der Waals surface area contributed by atoms with E-state index in [9.17, 15) is 18.0 Å². The van der Waals surface area contributed by atoms with Gasteiger partial charge in [0.15, 0.2) is 0 Å². The number of carbonyl (C=O) groups is 1. The summed E-state index contributed by atoms with van der Waals surface area (Å²) < 4.78 is 46.2. The second-order valence-corrected chi connectivity index (χ2v) is 5.60. The summed E-state index contributed by atoms with van der Waals surface area (Å²) in [5.74, 6) is -0.468. The largest absolute Gasteiger partial charge is 0.573 e. The zero-order chi connectivity index (χ0) is 18.0. The summed E-state index contributed by atoms with van der Waals surface area (Å²) in [4.78, 5) is 19.5. The summed E-state index contributed by atoms with van der Waals surface area (Å²) in [5, 5.41) is 0. The van der Waals surface area contributed by atoms with Crippen molar-refractivity contribution in [2.75, 3.05) is 6.61 Å². The van der Waals surface area contributed by atoms with Crippen LogP contribution in [0.25, 0.3) is 11.3 Å². The molecule has 1 aromatic carbocycles. The van der Waals surface area contributed by atoms with E-state index in [1.165, 1.54) is 18.3 Å². The molecule has 0 spiro atoms. The van der Waals surface area contributed by atoms with Crippen molar-refractivity contribution in [1.29, 1.82) is 0 Å². The van der Waals surface area contributed by atoms with Crippen molar-refractivity contribution >= 4 is 5.91 Å². The van der Waals surface area contributed by atoms with Crippen molar-refractivity contribution in [3.8, 4) is 22.9 Å². The SMILES string of the molecule is NC(=O)c1cnc(OCC2CC2)c(-c2ccc(OC(F)(F)F)cc2)n1. The molecule has 0 unspecified atom stereocenters. The molecule has 0 bridgehead atoms. The first-order chi connectivity index (χ1) is 11.8. The van der Waals surface area contributed by atoms with E-state index in [4.69, 9.17) is 10.5 Å². The molecular weight excluding hydrogens is 339 g/mol. The van der Waals surface area contributed by atoms with Gasteiger partial charge in [-0.2, -0.15) is 0 Å². The van der Waals surface area contributed by atoms with Crippen LogP contribution in [0.5, 0.6) is 11.6 Å². The van der Waals surface area contributed by atoms with Crippen LogP contribution in [0.3, 0.4) is 0 Å². The molecule has 2 N–H and O–H groups in total. The predicted octanol–water partition coefficient (Wildman–Crippen LogP) is 2.93. The number of benzene rings is 1. The summed E-state index contributed by atoms with van der Waals surface area (Å²) in [7, 11) is 0. The van der Waals surface area contributed by atoms with Gasteiger partial charge in [-0.15, -0.1) is 13.2 Å². The first kappa shape index (κ1) is 17.0. The van der Waals surface area contributed by atoms with E-state index in [2.05, 4.69) is 14.7 Å². The summed E-state index contributed by atoms with van der Waals surface area (Å²) in [6, 6.07) is 5.04. The van der Waals surface area contributed by atoms with Crippen LogP contribution in [0.2, 0.25) is 0 Å². The molecule has 3 rings (SSSR count). The number of amides is 1. The van der Waals surface area contributed by atoms with Crippen LogP contribution in [-0.4, -0.2) is 28.8 Å². The number of alkyl halides is 3. The number of carbonyl (C=O) groups excluding carboxylic acids is 1. The molecule has 9 heteroatoms. The maximum atomic E-state index is 12.2. The fraction of sp³-hybridized carbons (Fsp3) is 0.312. The Morgan fingerprint density at radius 1 is 1.24 bits per heavy atom. The van der Waals surface area contributed by atoms with Gasteiger partial charge in [-0.3, -0.25) is 4.79 Å². The monoisotopic (exact) mass is 353 g/mol. The highest BCUT2D eigenvalue weighted by Crippen LogP contribution is 2.33. The molecular formula is C16H14F3N3O3. The number of nitrogens with zero attached hydrogens (tertiary/aromatic N) is 2. The molecule has 132 valence electrons. The molecule has 0 aliphatic heterocycles. The van der Waals surface area contributed by atoms with Crippen molar-refractivity contribution < 1.29 is 27.4 Å². The van der Waals surface area contributed by atoms with Gasteiger partial charge in [-0.25, -0.2) is 9.97 Å². The molecule has 6 nitrogen and oxygen atoms in total. The Morgan fingerprint density at radius 3 is 2.48 bits per heavy atom. The number of halogens is 3. The number of rotatable bonds is 6. The number of hydrogen-bond donors (Lipinski definition) is 1. The summed E-state index contributed by atoms with van der Waals surface area (Å²) in [6.45, 7) is 0.465. The van der Waals surface area contributed by atoms with Gasteiger partial charge in [-0.1, -0.05) is 0 Å². The molecule has 1 fully saturated rings. The van der Waals surface area contributed by atoms with Crippen LogP contribution < -0.4 is 15.2 Å². The van der Waals surface area contributed by atoms with Gasteiger partial charge < -0.3 is 15.2 Å². The third-order valence-corrected chi connectivity index (χ3v) is 3.51. The Bertz CT molecular complexity index is 774. The number of hydrogen-bond acceptors (Lipinski definition) is 5. The van der Waals surface area contributed by atoms with Crippen molar-refractivity contribution in [2.24, 2.45) is 11.7 Å². The molecule has 25 heavy (non-hydrogen) atoms. The van der Waals surface area contributed by atoms with Gasteiger partial charge in [0.25, 0.3) is 5.91 Å². The first-order valence-corrected chi connectivity index (χ1v) is 7.47. The third kappa shape index (κ3) is 4.59. The Hall–Kier alpha value is -2.84. The van der Waals surface area contributed by atoms with Crippen molar-refractivity contribution in [3.05, 3.63) is 36.2 Å². The molecule has 0 saturated heterocycles. The predicted molar refractivity (Wildman–Crippen MR) is 80.9 cm³/mol. The molecule has 1 heterocycles. The Balaban J connectivity index is 1.89. The third-order valence-electron chi connectivity index (χ3n) is 3.51. The van der Waals surface area contributed by atoms with Crippen LogP contribution in [0.1, 0.15) is 23.3 Å². The van der Waals surface area contributed by atoms with E-state index in [1.54, 1.807) is 0 Å². The average Bonchev–Trinajstić information content (AvgIpc) is 3.36. The van der Waals surface area contributed by atoms with Gasteiger partial charge in [0.2, 0.25) is 5.88 Å². The summed E-state index contributed by atoms with van der Waals surface area (Å²) >= 11 is 0. The highest BCUT2D eigenvalue weighted by atomic mass is 19.4. The molecule has 2 aromatic rings. The van der Waals surface area contributed by atoms with E-state index >= 15 is 0 Å². The summed E-state index contributed by atoms with van der Waals surface area (Å²) in [5.41, 5.74) is 5.80. The minimum Gasteiger partial charge on any atom is -0.476 e. The van der Waals surface area contributed by atoms with Gasteiger partial charge in [-0.05, 0) is 43.0 Å². The van der Waals surface area contributed by atoms with Crippen LogP contribution in [0, 0.1) is 5.92 Å². The van der Waals surface area contributed by atoms with E-state index in [1.807, 2.05) is 0 Å². The van der Waals surface area contributed by atoms with Crippen LogP contribution in [0.4, 0.5) is 13.2 Å². The summed E-state index contributed by atoms with van der Waals surface area (Å²) in [6.07, 6.45) is -1.42. The van der Waals surface area contributed by atoms with Crippen molar-refractivity contribution in [2.45, 2.75) is 19.2 Å². The quantitative estimate of drug-likeness (QED) is 0.863. The smallest absolute Gasteiger partial charge is 0.476 e. The molecule has 0 radical (unpaired) electrons. The fourth-order valence-corrected chi connectivity index (χ4v) is 2.09. The molecule has 1 aliphatic carbocycles. The number of ether oxygens (including phenoxy) is 2. The fourth-order valence-electron chi connectivity index (χ4n) is 2.09. The zero-order valence-electron chi connectivity index (χ0n) is 12.9. The molecule has 1 aromatic heterocycles. The van der Waals surface area contributed by atoms with Gasteiger partial charge in [0.05, 0.1) is 12.8 Å². The lowest BCUT2D eigenvalue weighted by Gasteiger charge is -2.12. The normalized spacial score (nSPS) is 14.2. The van der Waals surface area contributed by atoms with Crippen LogP contribution in [-0.2, 0) is 0 Å². The lowest BCUT2D eigenvalue weighted by Crippen LogP contribution is -2.17. The van der Waals surface area contributed by atoms with Crippen molar-refractivity contribution in [1.82, 2.24) is 9.97 Å². The second kappa shape index (κ2) is 6.58. The Kier molecular flexibility index (Phi) is 4.47. The minimum atomic E-state index is -4.77. The van der Waals surface area contributed by atoms with Gasteiger partial charge in [0.1, 0.15) is 17.1 Å². The van der Waals surface area contributed by atoms with Gasteiger partial charge in [0, 0.05) is 5.56 Å². The first-order valence-electron chi connectivity index (χ1n) is 7.47.